The Morgan fingerprint density at radius 1 is 1.00 bits per heavy atom. The van der Waals surface area contributed by atoms with Gasteiger partial charge in [-0.3, -0.25) is 9.59 Å². The molecule has 0 bridgehead atoms. The summed E-state index contributed by atoms with van der Waals surface area (Å²) in [6.07, 6.45) is 0. The minimum Gasteiger partial charge on any atom is -0.468 e. The second kappa shape index (κ2) is 8.32. The fourth-order valence-corrected chi connectivity index (χ4v) is 4.52. The topological polar surface area (TPSA) is 79.1 Å². The normalized spacial score (nSPS) is 12.8. The van der Waals surface area contributed by atoms with Crippen LogP contribution in [-0.2, 0) is 16.1 Å². The number of hydrogen-bond acceptors (Lipinski definition) is 6. The van der Waals surface area contributed by atoms with Gasteiger partial charge in [-0.25, -0.2) is 0 Å². The summed E-state index contributed by atoms with van der Waals surface area (Å²) < 4.78 is 18.2. The Morgan fingerprint density at radius 3 is 2.41 bits per heavy atom. The number of thiazole rings is 1. The molecule has 0 N–H and O–H groups in total. The highest BCUT2D eigenvalue weighted by Gasteiger charge is 2.19. The highest BCUT2D eigenvalue weighted by atomic mass is 32.1. The van der Waals surface area contributed by atoms with Crippen LogP contribution in [0.3, 0.4) is 0 Å². The van der Waals surface area contributed by atoms with Crippen molar-refractivity contribution in [1.82, 2.24) is 4.57 Å². The molecule has 0 spiro atoms. The summed E-state index contributed by atoms with van der Waals surface area (Å²) in [6.45, 7) is 0.0769. The Morgan fingerprint density at radius 2 is 1.69 bits per heavy atom. The van der Waals surface area contributed by atoms with Crippen LogP contribution in [0.1, 0.15) is 10.4 Å². The van der Waals surface area contributed by atoms with Gasteiger partial charge in [-0.15, -0.1) is 0 Å². The van der Waals surface area contributed by atoms with Crippen LogP contribution in [-0.4, -0.2) is 30.3 Å². The van der Waals surface area contributed by atoms with Gasteiger partial charge in [0, 0.05) is 17.7 Å². The number of ether oxygens (including phenoxy) is 3. The minimum absolute atomic E-state index is 0.0742. The van der Waals surface area contributed by atoms with Crippen molar-refractivity contribution in [2.75, 3.05) is 13.9 Å². The van der Waals surface area contributed by atoms with Crippen LogP contribution >= 0.6 is 11.3 Å². The van der Waals surface area contributed by atoms with Crippen molar-refractivity contribution in [3.8, 4) is 22.6 Å². The average Bonchev–Trinajstić information content (AvgIpc) is 3.42. The summed E-state index contributed by atoms with van der Waals surface area (Å²) >= 11 is 1.30. The molecule has 0 aliphatic carbocycles. The minimum atomic E-state index is -0.441. The lowest BCUT2D eigenvalue weighted by Gasteiger charge is -2.05. The van der Waals surface area contributed by atoms with E-state index >= 15 is 0 Å². The van der Waals surface area contributed by atoms with Gasteiger partial charge in [0.25, 0.3) is 5.91 Å². The lowest BCUT2D eigenvalue weighted by molar-refractivity contribution is -0.141. The van der Waals surface area contributed by atoms with Crippen molar-refractivity contribution in [2.24, 2.45) is 4.99 Å². The molecule has 0 saturated carbocycles. The van der Waals surface area contributed by atoms with Crippen LogP contribution in [0, 0.1) is 0 Å². The van der Waals surface area contributed by atoms with E-state index in [4.69, 9.17) is 14.2 Å². The number of hydrogen-bond donors (Lipinski definition) is 0. The zero-order chi connectivity index (χ0) is 22.1. The Labute approximate surface area is 187 Å². The molecule has 1 amide bonds. The highest BCUT2D eigenvalue weighted by molar-refractivity contribution is 7.16. The third kappa shape index (κ3) is 3.76. The molecule has 1 aliphatic heterocycles. The van der Waals surface area contributed by atoms with Crippen molar-refractivity contribution >= 4 is 33.4 Å². The van der Waals surface area contributed by atoms with Gasteiger partial charge in [-0.2, -0.15) is 4.99 Å². The fourth-order valence-electron chi connectivity index (χ4n) is 3.48. The van der Waals surface area contributed by atoms with Gasteiger partial charge < -0.3 is 18.8 Å². The summed E-state index contributed by atoms with van der Waals surface area (Å²) in [5.41, 5.74) is 3.26. The first-order valence-corrected chi connectivity index (χ1v) is 10.7. The summed E-state index contributed by atoms with van der Waals surface area (Å²) in [7, 11) is 1.32. The standard InChI is InChI=1S/C24H18N2O5S/c1-29-22(27)13-26-18-11-19-20(31-14-30-19)12-21(18)32-24(26)25-23(28)17-9-7-16(8-10-17)15-5-3-2-4-6-15/h2-12H,13-14H2,1H3. The van der Waals surface area contributed by atoms with Crippen LogP contribution in [0.25, 0.3) is 21.3 Å². The largest absolute Gasteiger partial charge is 0.468 e. The Bertz CT molecular complexity index is 1390. The van der Waals surface area contributed by atoms with Crippen molar-refractivity contribution in [3.05, 3.63) is 77.1 Å². The van der Waals surface area contributed by atoms with E-state index in [2.05, 4.69) is 4.99 Å². The van der Waals surface area contributed by atoms with Crippen LogP contribution in [0.5, 0.6) is 11.5 Å². The fraction of sp³-hybridized carbons (Fsp3) is 0.125. The Hall–Kier alpha value is -3.91. The predicted molar refractivity (Wildman–Crippen MR) is 120 cm³/mol. The van der Waals surface area contributed by atoms with E-state index in [-0.39, 0.29) is 13.3 Å². The van der Waals surface area contributed by atoms with E-state index in [1.54, 1.807) is 22.8 Å². The summed E-state index contributed by atoms with van der Waals surface area (Å²) in [5, 5.41) is 0. The molecule has 8 heteroatoms. The average molecular weight is 446 g/mol. The molecule has 4 aromatic rings. The van der Waals surface area contributed by atoms with Gasteiger partial charge >= 0.3 is 5.97 Å². The monoisotopic (exact) mass is 446 g/mol. The van der Waals surface area contributed by atoms with Crippen molar-refractivity contribution in [2.45, 2.75) is 6.54 Å². The third-order valence-corrected chi connectivity index (χ3v) is 6.17. The predicted octanol–water partition coefficient (Wildman–Crippen LogP) is 4.01. The number of carbonyl (C=O) groups excluding carboxylic acids is 2. The quantitative estimate of drug-likeness (QED) is 0.443. The number of nitrogens with zero attached hydrogens (tertiary/aromatic N) is 2. The molecule has 0 atom stereocenters. The maximum absolute atomic E-state index is 12.9. The molecule has 1 aromatic heterocycles. The first-order valence-electron chi connectivity index (χ1n) is 9.87. The molecule has 3 aromatic carbocycles. The smallest absolute Gasteiger partial charge is 0.325 e. The molecule has 5 rings (SSSR count). The molecular formula is C24H18N2O5S. The first kappa shape index (κ1) is 20.0. The summed E-state index contributed by atoms with van der Waals surface area (Å²) in [4.78, 5) is 29.6. The molecule has 0 fully saturated rings. The summed E-state index contributed by atoms with van der Waals surface area (Å²) in [6, 6.07) is 20.8. The molecule has 0 unspecified atom stereocenters. The van der Waals surface area contributed by atoms with Gasteiger partial charge in [0.1, 0.15) is 6.54 Å². The molecule has 0 radical (unpaired) electrons. The Balaban J connectivity index is 1.54. The van der Waals surface area contributed by atoms with Crippen LogP contribution < -0.4 is 14.3 Å². The number of carbonyl (C=O) groups is 2. The second-order valence-corrected chi connectivity index (χ2v) is 8.09. The Kier molecular flexibility index (Phi) is 5.20. The zero-order valence-electron chi connectivity index (χ0n) is 17.1. The van der Waals surface area contributed by atoms with Crippen LogP contribution in [0.4, 0.5) is 0 Å². The van der Waals surface area contributed by atoms with Gasteiger partial charge in [0.15, 0.2) is 16.3 Å². The van der Waals surface area contributed by atoms with E-state index in [9.17, 15) is 9.59 Å². The van der Waals surface area contributed by atoms with Gasteiger partial charge in [-0.05, 0) is 23.3 Å². The molecule has 2 heterocycles. The van der Waals surface area contributed by atoms with Gasteiger partial charge in [0.2, 0.25) is 6.79 Å². The zero-order valence-corrected chi connectivity index (χ0v) is 17.9. The van der Waals surface area contributed by atoms with Crippen molar-refractivity contribution in [3.63, 3.8) is 0 Å². The molecule has 7 nitrogen and oxygen atoms in total. The highest BCUT2D eigenvalue weighted by Crippen LogP contribution is 2.37. The van der Waals surface area contributed by atoms with Crippen molar-refractivity contribution in [1.29, 1.82) is 0 Å². The number of benzene rings is 3. The molecule has 32 heavy (non-hydrogen) atoms. The lowest BCUT2D eigenvalue weighted by atomic mass is 10.0. The van der Waals surface area contributed by atoms with Crippen molar-refractivity contribution < 1.29 is 23.8 Å². The van der Waals surface area contributed by atoms with E-state index in [1.807, 2.05) is 48.5 Å². The van der Waals surface area contributed by atoms with E-state index in [1.165, 1.54) is 18.4 Å². The number of rotatable bonds is 4. The third-order valence-electron chi connectivity index (χ3n) is 5.13. The molecule has 1 aliphatic rings. The maximum atomic E-state index is 12.9. The second-order valence-electron chi connectivity index (χ2n) is 7.08. The number of methoxy groups -OCH3 is 1. The SMILES string of the molecule is COC(=O)Cn1c(=NC(=O)c2ccc(-c3ccccc3)cc2)sc2cc3c(cc21)OCO3. The lowest BCUT2D eigenvalue weighted by Crippen LogP contribution is -2.22. The maximum Gasteiger partial charge on any atom is 0.325 e. The van der Waals surface area contributed by atoms with E-state index in [0.29, 0.717) is 21.9 Å². The molecule has 160 valence electrons. The summed E-state index contributed by atoms with van der Waals surface area (Å²) in [5.74, 6) is 0.375. The number of aromatic nitrogens is 1. The number of fused-ring (bicyclic) bond motifs is 2. The molecule has 0 saturated heterocycles. The van der Waals surface area contributed by atoms with Crippen LogP contribution in [0.2, 0.25) is 0 Å². The number of amides is 1. The van der Waals surface area contributed by atoms with E-state index < -0.39 is 11.9 Å². The van der Waals surface area contributed by atoms with E-state index in [0.717, 1.165) is 21.3 Å². The van der Waals surface area contributed by atoms with Crippen LogP contribution in [0.15, 0.2) is 71.7 Å². The number of esters is 1. The first-order chi connectivity index (χ1) is 15.6. The van der Waals surface area contributed by atoms with Gasteiger partial charge in [0.05, 0.1) is 17.3 Å². The van der Waals surface area contributed by atoms with Gasteiger partial charge in [-0.1, -0.05) is 53.8 Å². The molecular weight excluding hydrogens is 428 g/mol.